The van der Waals surface area contributed by atoms with E-state index >= 15 is 0 Å². The van der Waals surface area contributed by atoms with Crippen LogP contribution < -0.4 is 0 Å². The van der Waals surface area contributed by atoms with Gasteiger partial charge in [0.05, 0.1) is 23.2 Å². The van der Waals surface area contributed by atoms with E-state index in [1.807, 2.05) is 0 Å². The van der Waals surface area contributed by atoms with Crippen LogP contribution in [0.3, 0.4) is 0 Å². The van der Waals surface area contributed by atoms with Crippen LogP contribution in [-0.2, 0) is 11.3 Å². The molecule has 1 aliphatic heterocycles. The lowest BCUT2D eigenvalue weighted by molar-refractivity contribution is 0.00679. The smallest absolute Gasteiger partial charge is 0.178 e. The Labute approximate surface area is 112 Å². The van der Waals surface area contributed by atoms with Gasteiger partial charge in [0.2, 0.25) is 0 Å². The van der Waals surface area contributed by atoms with E-state index in [0.29, 0.717) is 0 Å². The molecule has 1 aliphatic rings. The highest BCUT2D eigenvalue weighted by Crippen LogP contribution is 2.29. The summed E-state index contributed by atoms with van der Waals surface area (Å²) >= 11 is 5.45. The lowest BCUT2D eigenvalue weighted by atomic mass is 10.0. The first-order chi connectivity index (χ1) is 8.59. The molecule has 18 heavy (non-hydrogen) atoms. The number of H-pyrrole nitrogens is 1. The molecule has 1 saturated heterocycles. The summed E-state index contributed by atoms with van der Waals surface area (Å²) in [6.07, 6.45) is 2.25. The maximum absolute atomic E-state index is 5.87. The number of hydrogen-bond donors (Lipinski definition) is 1. The molecule has 4 heteroatoms. The Balaban J connectivity index is 2.09. The number of fused-ring (bicyclic) bond motifs is 1. The number of nitrogens with zero attached hydrogens (tertiary/aromatic N) is 1. The first-order valence-electron chi connectivity index (χ1n) is 6.41. The van der Waals surface area contributed by atoms with E-state index in [1.165, 1.54) is 11.1 Å². The fourth-order valence-electron chi connectivity index (χ4n) is 2.78. The van der Waals surface area contributed by atoms with E-state index in [9.17, 15) is 0 Å². The maximum Gasteiger partial charge on any atom is 0.178 e. The minimum absolute atomic E-state index is 0.0723. The number of aromatic nitrogens is 2. The molecule has 0 bridgehead atoms. The van der Waals surface area contributed by atoms with Gasteiger partial charge >= 0.3 is 0 Å². The molecule has 1 atom stereocenters. The second-order valence-electron chi connectivity index (χ2n) is 5.39. The van der Waals surface area contributed by atoms with E-state index in [-0.39, 0.29) is 5.60 Å². The van der Waals surface area contributed by atoms with Gasteiger partial charge in [-0.15, -0.1) is 0 Å². The SMILES string of the molecule is Cc1cccc2c1[nH]c(=S)n2CC1(C)CCCO1. The second-order valence-corrected chi connectivity index (χ2v) is 5.77. The molecular formula is C14H18N2OS. The molecule has 1 unspecified atom stereocenters. The molecule has 0 saturated carbocycles. The average Bonchev–Trinajstić information content (AvgIpc) is 2.88. The Morgan fingerprint density at radius 3 is 3.06 bits per heavy atom. The molecule has 0 amide bonds. The maximum atomic E-state index is 5.87. The van der Waals surface area contributed by atoms with Crippen LogP contribution in [0.4, 0.5) is 0 Å². The largest absolute Gasteiger partial charge is 0.373 e. The third kappa shape index (κ3) is 1.89. The van der Waals surface area contributed by atoms with Gasteiger partial charge in [0.1, 0.15) is 0 Å². The van der Waals surface area contributed by atoms with Crippen molar-refractivity contribution in [2.45, 2.75) is 38.8 Å². The minimum atomic E-state index is -0.0723. The summed E-state index contributed by atoms with van der Waals surface area (Å²) in [5.74, 6) is 0. The number of para-hydroxylation sites is 1. The molecule has 1 fully saturated rings. The second kappa shape index (κ2) is 4.21. The standard InChI is InChI=1S/C14H18N2OS/c1-10-5-3-6-11-12(10)15-13(18)16(11)9-14(2)7-4-8-17-14/h3,5-6H,4,7-9H2,1-2H3,(H,15,18). The molecule has 96 valence electrons. The van der Waals surface area contributed by atoms with Crippen LogP contribution in [0.1, 0.15) is 25.3 Å². The van der Waals surface area contributed by atoms with Crippen LogP contribution in [0.25, 0.3) is 11.0 Å². The fourth-order valence-corrected chi connectivity index (χ4v) is 3.04. The first kappa shape index (κ1) is 11.9. The highest BCUT2D eigenvalue weighted by molar-refractivity contribution is 7.71. The summed E-state index contributed by atoms with van der Waals surface area (Å²) in [7, 11) is 0. The third-order valence-electron chi connectivity index (χ3n) is 3.81. The first-order valence-corrected chi connectivity index (χ1v) is 6.82. The van der Waals surface area contributed by atoms with Gasteiger partial charge in [-0.2, -0.15) is 0 Å². The lowest BCUT2D eigenvalue weighted by Gasteiger charge is -2.23. The zero-order chi connectivity index (χ0) is 12.8. The number of rotatable bonds is 2. The molecular weight excluding hydrogens is 244 g/mol. The molecule has 0 spiro atoms. The van der Waals surface area contributed by atoms with E-state index in [1.54, 1.807) is 0 Å². The molecule has 1 aromatic carbocycles. The van der Waals surface area contributed by atoms with Gasteiger partial charge < -0.3 is 14.3 Å². The highest BCUT2D eigenvalue weighted by atomic mass is 32.1. The van der Waals surface area contributed by atoms with Crippen molar-refractivity contribution in [3.63, 3.8) is 0 Å². The summed E-state index contributed by atoms with van der Waals surface area (Å²) in [5.41, 5.74) is 3.48. The number of aromatic amines is 1. The average molecular weight is 262 g/mol. The highest BCUT2D eigenvalue weighted by Gasteiger charge is 2.30. The Kier molecular flexibility index (Phi) is 2.79. The lowest BCUT2D eigenvalue weighted by Crippen LogP contribution is -2.29. The minimum Gasteiger partial charge on any atom is -0.373 e. The summed E-state index contributed by atoms with van der Waals surface area (Å²) in [4.78, 5) is 3.31. The van der Waals surface area contributed by atoms with E-state index < -0.39 is 0 Å². The number of benzene rings is 1. The Hall–Kier alpha value is -1.13. The Morgan fingerprint density at radius 1 is 1.50 bits per heavy atom. The molecule has 2 heterocycles. The van der Waals surface area contributed by atoms with Gasteiger partial charge in [0, 0.05) is 6.61 Å². The van der Waals surface area contributed by atoms with Crippen molar-refractivity contribution in [2.24, 2.45) is 0 Å². The van der Waals surface area contributed by atoms with Gasteiger partial charge in [0.25, 0.3) is 0 Å². The van der Waals surface area contributed by atoms with Gasteiger partial charge in [-0.1, -0.05) is 12.1 Å². The van der Waals surface area contributed by atoms with Crippen molar-refractivity contribution >= 4 is 23.3 Å². The number of hydrogen-bond acceptors (Lipinski definition) is 2. The monoisotopic (exact) mass is 262 g/mol. The van der Waals surface area contributed by atoms with Crippen LogP contribution in [0.5, 0.6) is 0 Å². The van der Waals surface area contributed by atoms with Gasteiger partial charge in [-0.3, -0.25) is 0 Å². The quantitative estimate of drug-likeness (QED) is 0.838. The molecule has 2 aromatic rings. The molecule has 0 radical (unpaired) electrons. The van der Waals surface area contributed by atoms with Gasteiger partial charge in [-0.25, -0.2) is 0 Å². The van der Waals surface area contributed by atoms with Crippen LogP contribution >= 0.6 is 12.2 Å². The predicted molar refractivity (Wildman–Crippen MR) is 75.5 cm³/mol. The molecule has 3 rings (SSSR count). The molecule has 1 aromatic heterocycles. The molecule has 3 nitrogen and oxygen atoms in total. The molecule has 0 aliphatic carbocycles. The van der Waals surface area contributed by atoms with Crippen LogP contribution in [0.2, 0.25) is 0 Å². The normalized spacial score (nSPS) is 23.9. The fraction of sp³-hybridized carbons (Fsp3) is 0.500. The summed E-state index contributed by atoms with van der Waals surface area (Å²) < 4.78 is 8.82. The van der Waals surface area contributed by atoms with Gasteiger partial charge in [-0.05, 0) is 50.5 Å². The summed E-state index contributed by atoms with van der Waals surface area (Å²) in [6, 6.07) is 6.30. The van der Waals surface area contributed by atoms with E-state index in [0.717, 1.165) is 36.3 Å². The zero-order valence-electron chi connectivity index (χ0n) is 10.8. The van der Waals surface area contributed by atoms with Crippen molar-refractivity contribution in [1.29, 1.82) is 0 Å². The van der Waals surface area contributed by atoms with Crippen molar-refractivity contribution in [2.75, 3.05) is 6.61 Å². The number of imidazole rings is 1. The predicted octanol–water partition coefficient (Wildman–Crippen LogP) is 3.58. The van der Waals surface area contributed by atoms with Gasteiger partial charge in [0.15, 0.2) is 4.77 Å². The van der Waals surface area contributed by atoms with Crippen LogP contribution in [0, 0.1) is 11.7 Å². The number of aryl methyl sites for hydroxylation is 1. The topological polar surface area (TPSA) is 29.9 Å². The zero-order valence-corrected chi connectivity index (χ0v) is 11.6. The third-order valence-corrected chi connectivity index (χ3v) is 4.13. The van der Waals surface area contributed by atoms with Crippen molar-refractivity contribution < 1.29 is 4.74 Å². The van der Waals surface area contributed by atoms with Crippen molar-refractivity contribution in [3.8, 4) is 0 Å². The van der Waals surface area contributed by atoms with Crippen LogP contribution in [-0.4, -0.2) is 21.8 Å². The van der Waals surface area contributed by atoms with E-state index in [4.69, 9.17) is 17.0 Å². The van der Waals surface area contributed by atoms with Crippen molar-refractivity contribution in [1.82, 2.24) is 9.55 Å². The number of nitrogens with one attached hydrogen (secondary N) is 1. The summed E-state index contributed by atoms with van der Waals surface area (Å²) in [6.45, 7) is 5.97. The van der Waals surface area contributed by atoms with Crippen LogP contribution in [0.15, 0.2) is 18.2 Å². The Morgan fingerprint density at radius 2 is 2.33 bits per heavy atom. The summed E-state index contributed by atoms with van der Waals surface area (Å²) in [5, 5.41) is 0. The number of ether oxygens (including phenoxy) is 1. The Bertz CT molecular complexity index is 635. The molecule has 1 N–H and O–H groups in total. The van der Waals surface area contributed by atoms with E-state index in [2.05, 4.69) is 41.6 Å². The van der Waals surface area contributed by atoms with Crippen molar-refractivity contribution in [3.05, 3.63) is 28.5 Å².